The van der Waals surface area contributed by atoms with Crippen LogP contribution >= 0.6 is 0 Å². The molecule has 2 aromatic rings. The summed E-state index contributed by atoms with van der Waals surface area (Å²) >= 11 is 0. The second-order valence-electron chi connectivity index (χ2n) is 4.79. The molecule has 4 nitrogen and oxygen atoms in total. The predicted molar refractivity (Wildman–Crippen MR) is 68.4 cm³/mol. The van der Waals surface area contributed by atoms with Gasteiger partial charge in [-0.2, -0.15) is 31.6 Å². The van der Waals surface area contributed by atoms with Crippen LogP contribution in [0.15, 0.2) is 18.3 Å². The molecule has 0 N–H and O–H groups in total. The van der Waals surface area contributed by atoms with Crippen LogP contribution in [0.5, 0.6) is 0 Å². The van der Waals surface area contributed by atoms with E-state index in [2.05, 4.69) is 4.98 Å². The zero-order chi connectivity index (χ0) is 18.3. The van der Waals surface area contributed by atoms with Crippen molar-refractivity contribution in [2.24, 2.45) is 0 Å². The molecule has 2 heterocycles. The largest absolute Gasteiger partial charge is 0.433 e. The molecule has 0 amide bonds. The van der Waals surface area contributed by atoms with Crippen LogP contribution in [0, 0.1) is 18.3 Å². The maximum absolute atomic E-state index is 13.1. The zero-order valence-electron chi connectivity index (χ0n) is 11.8. The first-order valence-corrected chi connectivity index (χ1v) is 6.23. The highest BCUT2D eigenvalue weighted by molar-refractivity contribution is 5.75. The molecule has 0 bridgehead atoms. The Hall–Kier alpha value is -2.83. The molecule has 0 fully saturated rings. The van der Waals surface area contributed by atoms with Crippen molar-refractivity contribution in [2.45, 2.75) is 19.3 Å². The van der Waals surface area contributed by atoms with Crippen molar-refractivity contribution in [3.8, 4) is 11.9 Å². The second-order valence-corrected chi connectivity index (χ2v) is 4.79. The molecule has 0 saturated heterocycles. The van der Waals surface area contributed by atoms with Gasteiger partial charge in [0, 0.05) is 6.20 Å². The monoisotopic (exact) mass is 347 g/mol. The van der Waals surface area contributed by atoms with E-state index in [1.807, 2.05) is 0 Å². The number of carbonyl (C=O) groups is 1. The number of halogens is 6. The van der Waals surface area contributed by atoms with Crippen molar-refractivity contribution in [1.29, 1.82) is 5.26 Å². The van der Waals surface area contributed by atoms with Crippen LogP contribution < -0.4 is 0 Å². The smallest absolute Gasteiger partial charge is 0.297 e. The van der Waals surface area contributed by atoms with E-state index < -0.39 is 35.0 Å². The predicted octanol–water partition coefficient (Wildman–Crippen LogP) is 3.90. The summed E-state index contributed by atoms with van der Waals surface area (Å²) in [5, 5.41) is 9.02. The van der Waals surface area contributed by atoms with Crippen molar-refractivity contribution in [1.82, 2.24) is 9.55 Å². The Labute approximate surface area is 130 Å². The minimum Gasteiger partial charge on any atom is -0.297 e. The van der Waals surface area contributed by atoms with E-state index in [9.17, 15) is 31.1 Å². The average molecular weight is 347 g/mol. The molecule has 24 heavy (non-hydrogen) atoms. The maximum Gasteiger partial charge on any atom is 0.433 e. The molecule has 126 valence electrons. The van der Waals surface area contributed by atoms with Gasteiger partial charge in [0.05, 0.1) is 11.3 Å². The van der Waals surface area contributed by atoms with Crippen molar-refractivity contribution >= 4 is 6.29 Å². The van der Waals surface area contributed by atoms with Crippen LogP contribution in [0.2, 0.25) is 0 Å². The fraction of sp³-hybridized carbons (Fsp3) is 0.214. The highest BCUT2D eigenvalue weighted by Gasteiger charge is 2.41. The molecule has 0 radical (unpaired) electrons. The van der Waals surface area contributed by atoms with E-state index in [-0.39, 0.29) is 18.0 Å². The first-order valence-electron chi connectivity index (χ1n) is 6.23. The Balaban J connectivity index is 2.93. The Bertz CT molecular complexity index is 842. The minimum absolute atomic E-state index is 0.223. The summed E-state index contributed by atoms with van der Waals surface area (Å²) in [4.78, 5) is 14.1. The highest BCUT2D eigenvalue weighted by Crippen LogP contribution is 2.38. The van der Waals surface area contributed by atoms with Gasteiger partial charge in [0.1, 0.15) is 17.3 Å². The van der Waals surface area contributed by atoms with Crippen LogP contribution in [0.4, 0.5) is 26.3 Å². The van der Waals surface area contributed by atoms with Gasteiger partial charge >= 0.3 is 12.4 Å². The fourth-order valence-electron chi connectivity index (χ4n) is 2.08. The SMILES string of the molecule is Cc1cc(C=O)n(-c2nc(C(F)(F)F)cc(C(F)(F)F)c2C#N)c1. The molecule has 0 saturated carbocycles. The summed E-state index contributed by atoms with van der Waals surface area (Å²) in [6, 6.07) is 2.24. The number of carbonyl (C=O) groups excluding carboxylic acids is 1. The molecular formula is C14H7F6N3O. The van der Waals surface area contributed by atoms with Crippen LogP contribution in [-0.2, 0) is 12.4 Å². The number of aromatic nitrogens is 2. The van der Waals surface area contributed by atoms with Crippen molar-refractivity contribution in [3.05, 3.63) is 46.4 Å². The average Bonchev–Trinajstić information content (AvgIpc) is 2.84. The van der Waals surface area contributed by atoms with Gasteiger partial charge in [0.2, 0.25) is 0 Å². The number of alkyl halides is 6. The Kier molecular flexibility index (Phi) is 4.14. The van der Waals surface area contributed by atoms with Crippen LogP contribution in [-0.4, -0.2) is 15.8 Å². The molecule has 10 heteroatoms. The van der Waals surface area contributed by atoms with Gasteiger partial charge in [-0.3, -0.25) is 9.36 Å². The van der Waals surface area contributed by atoms with Crippen LogP contribution in [0.25, 0.3) is 5.82 Å². The Morgan fingerprint density at radius 3 is 2.25 bits per heavy atom. The molecule has 2 aromatic heterocycles. The Morgan fingerprint density at radius 2 is 1.79 bits per heavy atom. The summed E-state index contributed by atoms with van der Waals surface area (Å²) in [5.41, 5.74) is -4.52. The zero-order valence-corrected chi connectivity index (χ0v) is 11.8. The standard InChI is InChI=1S/C14H7F6N3O/c1-7-2-8(6-24)23(5-7)12-9(4-21)10(13(15,16)17)3-11(22-12)14(18,19)20/h2-3,5-6H,1H3. The highest BCUT2D eigenvalue weighted by atomic mass is 19.4. The second kappa shape index (κ2) is 5.67. The van der Waals surface area contributed by atoms with Gasteiger partial charge in [-0.05, 0) is 24.6 Å². The van der Waals surface area contributed by atoms with Gasteiger partial charge in [-0.1, -0.05) is 0 Å². The molecule has 0 aliphatic heterocycles. The van der Waals surface area contributed by atoms with Crippen molar-refractivity contribution in [3.63, 3.8) is 0 Å². The van der Waals surface area contributed by atoms with Crippen LogP contribution in [0.1, 0.15) is 32.9 Å². The Morgan fingerprint density at radius 1 is 1.17 bits per heavy atom. The van der Waals surface area contributed by atoms with E-state index >= 15 is 0 Å². The molecule has 0 atom stereocenters. The normalized spacial score (nSPS) is 12.1. The molecule has 2 rings (SSSR count). The van der Waals surface area contributed by atoms with E-state index in [0.29, 0.717) is 5.56 Å². The first kappa shape index (κ1) is 17.5. The van der Waals surface area contributed by atoms with Crippen molar-refractivity contribution in [2.75, 3.05) is 0 Å². The minimum atomic E-state index is -5.20. The number of aldehydes is 1. The molecule has 0 spiro atoms. The lowest BCUT2D eigenvalue weighted by Crippen LogP contribution is -2.18. The summed E-state index contributed by atoms with van der Waals surface area (Å²) in [6.07, 6.45) is -9.00. The fourth-order valence-corrected chi connectivity index (χ4v) is 2.08. The molecular weight excluding hydrogens is 340 g/mol. The van der Waals surface area contributed by atoms with E-state index in [1.165, 1.54) is 19.1 Å². The number of pyridine rings is 1. The van der Waals surface area contributed by atoms with Gasteiger partial charge in [-0.15, -0.1) is 0 Å². The number of rotatable bonds is 2. The first-order chi connectivity index (χ1) is 11.0. The number of hydrogen-bond donors (Lipinski definition) is 0. The maximum atomic E-state index is 13.1. The van der Waals surface area contributed by atoms with Crippen LogP contribution in [0.3, 0.4) is 0 Å². The number of nitrogens with zero attached hydrogens (tertiary/aromatic N) is 3. The van der Waals surface area contributed by atoms with Gasteiger partial charge in [0.15, 0.2) is 12.1 Å². The third-order valence-corrected chi connectivity index (χ3v) is 3.04. The third kappa shape index (κ3) is 3.10. The lowest BCUT2D eigenvalue weighted by Gasteiger charge is -2.16. The molecule has 0 unspecified atom stereocenters. The summed E-state index contributed by atoms with van der Waals surface area (Å²) in [5.74, 6) is -0.908. The quantitative estimate of drug-likeness (QED) is 0.611. The third-order valence-electron chi connectivity index (χ3n) is 3.04. The van der Waals surface area contributed by atoms with Gasteiger partial charge in [0.25, 0.3) is 0 Å². The van der Waals surface area contributed by atoms with E-state index in [0.717, 1.165) is 10.8 Å². The number of aryl methyl sites for hydroxylation is 1. The summed E-state index contributed by atoms with van der Waals surface area (Å²) < 4.78 is 78.6. The lowest BCUT2D eigenvalue weighted by atomic mass is 10.1. The lowest BCUT2D eigenvalue weighted by molar-refractivity contribution is -0.145. The molecule has 0 aliphatic rings. The molecule has 0 aromatic carbocycles. The summed E-state index contributed by atoms with van der Waals surface area (Å²) in [7, 11) is 0. The number of hydrogen-bond acceptors (Lipinski definition) is 3. The van der Waals surface area contributed by atoms with E-state index in [4.69, 9.17) is 5.26 Å². The van der Waals surface area contributed by atoms with Gasteiger partial charge < -0.3 is 0 Å². The van der Waals surface area contributed by atoms with E-state index in [1.54, 1.807) is 0 Å². The molecule has 0 aliphatic carbocycles. The van der Waals surface area contributed by atoms with Crippen molar-refractivity contribution < 1.29 is 31.1 Å². The summed E-state index contributed by atoms with van der Waals surface area (Å²) in [6.45, 7) is 1.48. The number of nitriles is 1. The van der Waals surface area contributed by atoms with Gasteiger partial charge in [-0.25, -0.2) is 4.98 Å². The topological polar surface area (TPSA) is 58.7 Å².